The minimum atomic E-state index is -0.0299. The maximum Gasteiger partial charge on any atom is 0.137 e. The first-order chi connectivity index (χ1) is 9.22. The Balaban J connectivity index is 1.78. The molecule has 2 aromatic rings. The second-order valence-electron chi connectivity index (χ2n) is 4.77. The van der Waals surface area contributed by atoms with E-state index >= 15 is 0 Å². The van der Waals surface area contributed by atoms with Gasteiger partial charge in [-0.1, -0.05) is 0 Å². The Morgan fingerprint density at radius 3 is 2.95 bits per heavy atom. The van der Waals surface area contributed by atoms with E-state index in [1.165, 1.54) is 0 Å². The Kier molecular flexibility index (Phi) is 3.16. The predicted molar refractivity (Wildman–Crippen MR) is 71.0 cm³/mol. The Labute approximate surface area is 111 Å². The van der Waals surface area contributed by atoms with Crippen molar-refractivity contribution < 1.29 is 4.74 Å². The predicted octanol–water partition coefficient (Wildman–Crippen LogP) is 1.39. The normalized spacial score (nSPS) is 19.7. The summed E-state index contributed by atoms with van der Waals surface area (Å²) in [4.78, 5) is 18.2. The molecule has 100 valence electrons. The molecule has 0 radical (unpaired) electrons. The number of nitrogens with one attached hydrogen (secondary N) is 1. The third-order valence-electron chi connectivity index (χ3n) is 3.21. The van der Waals surface area contributed by atoms with E-state index in [2.05, 4.69) is 24.8 Å². The number of aryl methyl sites for hydroxylation is 2. The lowest BCUT2D eigenvalue weighted by Gasteiger charge is -2.32. The van der Waals surface area contributed by atoms with Gasteiger partial charge in [0.25, 0.3) is 0 Å². The topological polar surface area (TPSA) is 66.9 Å². The Bertz CT molecular complexity index is 568. The van der Waals surface area contributed by atoms with Gasteiger partial charge >= 0.3 is 0 Å². The van der Waals surface area contributed by atoms with Gasteiger partial charge in [-0.3, -0.25) is 0 Å². The van der Waals surface area contributed by atoms with E-state index in [4.69, 9.17) is 4.74 Å². The first-order valence-corrected chi connectivity index (χ1v) is 6.39. The highest BCUT2D eigenvalue weighted by Gasteiger charge is 2.24. The third kappa shape index (κ3) is 2.58. The van der Waals surface area contributed by atoms with Gasteiger partial charge in [-0.15, -0.1) is 0 Å². The SMILES string of the molecule is Cc1cc(N2CCO[C@H](c3ncc(C)[nH]3)C2)ncn1. The summed E-state index contributed by atoms with van der Waals surface area (Å²) in [6.45, 7) is 6.23. The van der Waals surface area contributed by atoms with Crippen LogP contribution in [0.3, 0.4) is 0 Å². The molecular weight excluding hydrogens is 242 g/mol. The average molecular weight is 259 g/mol. The molecule has 0 bridgehead atoms. The molecule has 19 heavy (non-hydrogen) atoms. The van der Waals surface area contributed by atoms with E-state index in [9.17, 15) is 0 Å². The van der Waals surface area contributed by atoms with Crippen molar-refractivity contribution in [2.75, 3.05) is 24.6 Å². The lowest BCUT2D eigenvalue weighted by Crippen LogP contribution is -2.39. The molecule has 3 heterocycles. The number of ether oxygens (including phenoxy) is 1. The summed E-state index contributed by atoms with van der Waals surface area (Å²) in [5.74, 6) is 1.83. The van der Waals surface area contributed by atoms with Crippen LogP contribution in [0.5, 0.6) is 0 Å². The van der Waals surface area contributed by atoms with Gasteiger partial charge < -0.3 is 14.6 Å². The number of hydrogen-bond acceptors (Lipinski definition) is 5. The molecule has 6 nitrogen and oxygen atoms in total. The molecule has 1 saturated heterocycles. The molecule has 1 fully saturated rings. The van der Waals surface area contributed by atoms with E-state index in [1.807, 2.05) is 26.1 Å². The molecule has 2 aromatic heterocycles. The fourth-order valence-corrected chi connectivity index (χ4v) is 2.23. The number of hydrogen-bond donors (Lipinski definition) is 1. The molecule has 1 aliphatic rings. The van der Waals surface area contributed by atoms with Crippen LogP contribution >= 0.6 is 0 Å². The Morgan fingerprint density at radius 1 is 1.32 bits per heavy atom. The lowest BCUT2D eigenvalue weighted by molar-refractivity contribution is 0.0342. The van der Waals surface area contributed by atoms with Crippen LogP contribution in [0.25, 0.3) is 0 Å². The first-order valence-electron chi connectivity index (χ1n) is 6.39. The van der Waals surface area contributed by atoms with Crippen molar-refractivity contribution in [1.29, 1.82) is 0 Å². The van der Waals surface area contributed by atoms with Crippen LogP contribution in [0.4, 0.5) is 5.82 Å². The second kappa shape index (κ2) is 4.97. The number of aromatic amines is 1. The van der Waals surface area contributed by atoms with Crippen LogP contribution < -0.4 is 4.90 Å². The molecule has 0 aliphatic carbocycles. The minimum absolute atomic E-state index is 0.0299. The summed E-state index contributed by atoms with van der Waals surface area (Å²) in [5.41, 5.74) is 2.02. The zero-order valence-electron chi connectivity index (χ0n) is 11.1. The van der Waals surface area contributed by atoms with E-state index in [-0.39, 0.29) is 6.10 Å². The summed E-state index contributed by atoms with van der Waals surface area (Å²) in [5, 5.41) is 0. The molecule has 6 heteroatoms. The third-order valence-corrected chi connectivity index (χ3v) is 3.21. The fraction of sp³-hybridized carbons (Fsp3) is 0.462. The second-order valence-corrected chi connectivity index (χ2v) is 4.77. The number of anilines is 1. The summed E-state index contributed by atoms with van der Waals surface area (Å²) in [6, 6.07) is 2.00. The molecular formula is C13H17N5O. The van der Waals surface area contributed by atoms with Gasteiger partial charge in [0.2, 0.25) is 0 Å². The summed E-state index contributed by atoms with van der Waals surface area (Å²) < 4.78 is 5.78. The number of imidazole rings is 1. The maximum atomic E-state index is 5.78. The zero-order chi connectivity index (χ0) is 13.2. The smallest absolute Gasteiger partial charge is 0.137 e. The van der Waals surface area contributed by atoms with Gasteiger partial charge in [0, 0.05) is 30.2 Å². The van der Waals surface area contributed by atoms with E-state index in [1.54, 1.807) is 6.33 Å². The number of H-pyrrole nitrogens is 1. The van der Waals surface area contributed by atoms with E-state index in [0.717, 1.165) is 36.1 Å². The van der Waals surface area contributed by atoms with Crippen molar-refractivity contribution in [2.45, 2.75) is 20.0 Å². The Hall–Kier alpha value is -1.95. The van der Waals surface area contributed by atoms with Crippen molar-refractivity contribution in [3.05, 3.63) is 35.8 Å². The lowest BCUT2D eigenvalue weighted by atomic mass is 10.2. The molecule has 0 amide bonds. The summed E-state index contributed by atoms with van der Waals surface area (Å²) in [7, 11) is 0. The van der Waals surface area contributed by atoms with Crippen molar-refractivity contribution in [1.82, 2.24) is 19.9 Å². The summed E-state index contributed by atoms with van der Waals surface area (Å²) in [6.07, 6.45) is 3.40. The van der Waals surface area contributed by atoms with Crippen LogP contribution in [-0.4, -0.2) is 39.6 Å². The molecule has 0 spiro atoms. The van der Waals surface area contributed by atoms with Gasteiger partial charge in [-0.25, -0.2) is 15.0 Å². The highest BCUT2D eigenvalue weighted by molar-refractivity contribution is 5.39. The van der Waals surface area contributed by atoms with Crippen LogP contribution in [0, 0.1) is 13.8 Å². The highest BCUT2D eigenvalue weighted by Crippen LogP contribution is 2.23. The minimum Gasteiger partial charge on any atom is -0.367 e. The molecule has 0 unspecified atom stereocenters. The number of nitrogens with zero attached hydrogens (tertiary/aromatic N) is 4. The quantitative estimate of drug-likeness (QED) is 0.883. The number of morpholine rings is 1. The van der Waals surface area contributed by atoms with Crippen LogP contribution in [0.1, 0.15) is 23.3 Å². The first kappa shape index (κ1) is 12.1. The van der Waals surface area contributed by atoms with Gasteiger partial charge in [0.05, 0.1) is 13.2 Å². The number of rotatable bonds is 2. The number of aromatic nitrogens is 4. The molecule has 0 aromatic carbocycles. The van der Waals surface area contributed by atoms with Gasteiger partial charge in [0.15, 0.2) is 0 Å². The molecule has 3 rings (SSSR count). The van der Waals surface area contributed by atoms with Crippen molar-refractivity contribution >= 4 is 5.82 Å². The van der Waals surface area contributed by atoms with Crippen molar-refractivity contribution in [3.8, 4) is 0 Å². The maximum absolute atomic E-state index is 5.78. The average Bonchev–Trinajstić information content (AvgIpc) is 2.86. The van der Waals surface area contributed by atoms with E-state index < -0.39 is 0 Å². The summed E-state index contributed by atoms with van der Waals surface area (Å²) >= 11 is 0. The zero-order valence-corrected chi connectivity index (χ0v) is 11.1. The van der Waals surface area contributed by atoms with E-state index in [0.29, 0.717) is 6.61 Å². The molecule has 1 N–H and O–H groups in total. The van der Waals surface area contributed by atoms with Crippen LogP contribution in [0.2, 0.25) is 0 Å². The van der Waals surface area contributed by atoms with Gasteiger partial charge in [0.1, 0.15) is 24.1 Å². The molecule has 1 atom stereocenters. The van der Waals surface area contributed by atoms with Crippen LogP contribution in [0.15, 0.2) is 18.6 Å². The van der Waals surface area contributed by atoms with Gasteiger partial charge in [-0.05, 0) is 13.8 Å². The largest absolute Gasteiger partial charge is 0.367 e. The molecule has 0 saturated carbocycles. The van der Waals surface area contributed by atoms with Gasteiger partial charge in [-0.2, -0.15) is 0 Å². The van der Waals surface area contributed by atoms with Crippen molar-refractivity contribution in [2.24, 2.45) is 0 Å². The Morgan fingerprint density at radius 2 is 2.21 bits per heavy atom. The van der Waals surface area contributed by atoms with Crippen molar-refractivity contribution in [3.63, 3.8) is 0 Å². The highest BCUT2D eigenvalue weighted by atomic mass is 16.5. The van der Waals surface area contributed by atoms with Crippen LogP contribution in [-0.2, 0) is 4.74 Å². The fourth-order valence-electron chi connectivity index (χ4n) is 2.23. The standard InChI is InChI=1S/C13H17N5O/c1-9-5-12(16-8-15-9)18-3-4-19-11(7-18)13-14-6-10(2)17-13/h5-6,8,11H,3-4,7H2,1-2H3,(H,14,17)/t11-/m0/s1. The molecule has 1 aliphatic heterocycles. The monoisotopic (exact) mass is 259 g/mol.